The number of ether oxygens (including phenoxy) is 1. The quantitative estimate of drug-likeness (QED) is 0.510. The fourth-order valence-corrected chi connectivity index (χ4v) is 1.54. The fourth-order valence-electron chi connectivity index (χ4n) is 1.54. The van der Waals surface area contributed by atoms with E-state index < -0.39 is 29.0 Å². The lowest BCUT2D eigenvalue weighted by atomic mass is 10.0. The summed E-state index contributed by atoms with van der Waals surface area (Å²) in [5.74, 6) is -1.99. The topological polar surface area (TPSA) is 131 Å². The van der Waals surface area contributed by atoms with Crippen LogP contribution >= 0.6 is 0 Å². The molecular weight excluding hydrogens is 268 g/mol. The summed E-state index contributed by atoms with van der Waals surface area (Å²) in [6.45, 7) is 5.33. The third-order valence-electron chi connectivity index (χ3n) is 2.52. The maximum atomic E-state index is 12.0. The van der Waals surface area contributed by atoms with Gasteiger partial charge in [-0.05, 0) is 12.8 Å². The number of aromatic amines is 1. The van der Waals surface area contributed by atoms with Crippen molar-refractivity contribution in [1.29, 1.82) is 0 Å². The van der Waals surface area contributed by atoms with E-state index in [1.165, 1.54) is 0 Å². The summed E-state index contributed by atoms with van der Waals surface area (Å²) in [5, 5.41) is 21.5. The van der Waals surface area contributed by atoms with Gasteiger partial charge in [-0.3, -0.25) is 10.0 Å². The Labute approximate surface area is 115 Å². The minimum atomic E-state index is -0.864. The fraction of sp³-hybridized carbons (Fsp3) is 0.545. The first kappa shape index (κ1) is 15.9. The molecule has 0 aliphatic carbocycles. The average molecular weight is 285 g/mol. The Bertz CT molecular complexity index is 471. The van der Waals surface area contributed by atoms with Crippen LogP contribution in [0.5, 0.6) is 0 Å². The van der Waals surface area contributed by atoms with Crippen molar-refractivity contribution >= 4 is 17.7 Å². The summed E-state index contributed by atoms with van der Waals surface area (Å²) < 4.78 is 4.86. The normalized spacial score (nSPS) is 12.1. The van der Waals surface area contributed by atoms with Gasteiger partial charge < -0.3 is 25.5 Å². The molecule has 0 aliphatic heterocycles. The maximum Gasteiger partial charge on any atom is 0.328 e. The zero-order valence-electron chi connectivity index (χ0n) is 11.4. The molecular formula is C11H17N4O5-. The standard InChI is InChI=1S/C11H17N4O5/c1-4-20-11(17)7(6(2)3)14-10(16)8-9(15(18)19)13-5-12-8/h5-7,18H,4H2,1-3H3,(H,12,13)(H,14,16)/q-1. The van der Waals surface area contributed by atoms with Crippen molar-refractivity contribution in [3.8, 4) is 0 Å². The third-order valence-corrected chi connectivity index (χ3v) is 2.52. The second kappa shape index (κ2) is 6.87. The number of H-pyrrole nitrogens is 1. The maximum absolute atomic E-state index is 12.0. The number of esters is 1. The van der Waals surface area contributed by atoms with E-state index in [1.807, 2.05) is 0 Å². The van der Waals surface area contributed by atoms with Gasteiger partial charge in [0, 0.05) is 0 Å². The van der Waals surface area contributed by atoms with Crippen LogP contribution in [0.4, 0.5) is 5.82 Å². The number of carbonyl (C=O) groups excluding carboxylic acids is 2. The number of hydrogen-bond donors (Lipinski definition) is 3. The molecule has 0 fully saturated rings. The van der Waals surface area contributed by atoms with Crippen LogP contribution in [0.25, 0.3) is 0 Å². The van der Waals surface area contributed by atoms with Gasteiger partial charge in [-0.2, -0.15) is 0 Å². The summed E-state index contributed by atoms with van der Waals surface area (Å²) in [4.78, 5) is 29.6. The molecule has 0 radical (unpaired) electrons. The summed E-state index contributed by atoms with van der Waals surface area (Å²) >= 11 is 0. The number of amides is 1. The number of anilines is 1. The van der Waals surface area contributed by atoms with E-state index in [9.17, 15) is 14.8 Å². The lowest BCUT2D eigenvalue weighted by Gasteiger charge is -2.22. The van der Waals surface area contributed by atoms with Crippen molar-refractivity contribution in [2.45, 2.75) is 26.8 Å². The molecule has 1 amide bonds. The van der Waals surface area contributed by atoms with Gasteiger partial charge in [0.2, 0.25) is 0 Å². The highest BCUT2D eigenvalue weighted by molar-refractivity contribution is 5.99. The molecule has 0 bridgehead atoms. The first-order valence-corrected chi connectivity index (χ1v) is 6.05. The third kappa shape index (κ3) is 3.68. The number of aromatic nitrogens is 2. The minimum absolute atomic E-state index is 0.193. The number of carbonyl (C=O) groups is 2. The predicted molar refractivity (Wildman–Crippen MR) is 68.9 cm³/mol. The number of nitrogens with zero attached hydrogens (tertiary/aromatic N) is 2. The summed E-state index contributed by atoms with van der Waals surface area (Å²) in [7, 11) is 0. The van der Waals surface area contributed by atoms with Crippen molar-refractivity contribution in [3.05, 3.63) is 17.2 Å². The van der Waals surface area contributed by atoms with Gasteiger partial charge in [-0.1, -0.05) is 13.8 Å². The first-order valence-electron chi connectivity index (χ1n) is 6.05. The average Bonchev–Trinajstić information content (AvgIpc) is 2.84. The molecule has 0 saturated heterocycles. The lowest BCUT2D eigenvalue weighted by Crippen LogP contribution is -2.45. The van der Waals surface area contributed by atoms with Crippen molar-refractivity contribution < 1.29 is 19.5 Å². The number of nitrogens with one attached hydrogen (secondary N) is 2. The number of imidazole rings is 1. The van der Waals surface area contributed by atoms with Crippen LogP contribution in [-0.2, 0) is 9.53 Å². The van der Waals surface area contributed by atoms with E-state index >= 15 is 0 Å². The van der Waals surface area contributed by atoms with Gasteiger partial charge in [0.15, 0.2) is 5.82 Å². The molecule has 9 nitrogen and oxygen atoms in total. The van der Waals surface area contributed by atoms with Gasteiger partial charge >= 0.3 is 5.97 Å². The van der Waals surface area contributed by atoms with Crippen molar-refractivity contribution in [1.82, 2.24) is 15.3 Å². The Hall–Kier alpha value is -2.13. The molecule has 1 unspecified atom stereocenters. The highest BCUT2D eigenvalue weighted by Gasteiger charge is 2.27. The van der Waals surface area contributed by atoms with Crippen LogP contribution in [-0.4, -0.2) is 39.7 Å². The minimum Gasteiger partial charge on any atom is -0.732 e. The molecule has 1 atom stereocenters. The van der Waals surface area contributed by atoms with E-state index in [0.29, 0.717) is 0 Å². The van der Waals surface area contributed by atoms with Crippen molar-refractivity contribution in [2.75, 3.05) is 11.8 Å². The van der Waals surface area contributed by atoms with E-state index in [4.69, 9.17) is 9.94 Å². The molecule has 20 heavy (non-hydrogen) atoms. The molecule has 0 saturated carbocycles. The molecule has 112 valence electrons. The van der Waals surface area contributed by atoms with Gasteiger partial charge in [-0.15, -0.1) is 0 Å². The Morgan fingerprint density at radius 1 is 1.60 bits per heavy atom. The second-order valence-electron chi connectivity index (χ2n) is 4.32. The highest BCUT2D eigenvalue weighted by atomic mass is 16.8. The molecule has 1 rings (SSSR count). The largest absolute Gasteiger partial charge is 0.732 e. The Kier molecular flexibility index (Phi) is 5.47. The number of rotatable bonds is 6. The van der Waals surface area contributed by atoms with E-state index in [2.05, 4.69) is 15.3 Å². The van der Waals surface area contributed by atoms with Gasteiger partial charge in [0.1, 0.15) is 11.7 Å². The van der Waals surface area contributed by atoms with Crippen LogP contribution in [0.15, 0.2) is 6.33 Å². The molecule has 3 N–H and O–H groups in total. The molecule has 9 heteroatoms. The van der Waals surface area contributed by atoms with E-state index in [1.54, 1.807) is 20.8 Å². The Balaban J connectivity index is 2.86. The van der Waals surface area contributed by atoms with Crippen LogP contribution in [0.3, 0.4) is 0 Å². The van der Waals surface area contributed by atoms with Crippen LogP contribution in [0.1, 0.15) is 31.3 Å². The zero-order valence-corrected chi connectivity index (χ0v) is 11.4. The first-order chi connectivity index (χ1) is 9.38. The highest BCUT2D eigenvalue weighted by Crippen LogP contribution is 2.14. The molecule has 0 aliphatic rings. The Morgan fingerprint density at radius 3 is 2.75 bits per heavy atom. The van der Waals surface area contributed by atoms with Crippen LogP contribution in [0, 0.1) is 11.1 Å². The van der Waals surface area contributed by atoms with Gasteiger partial charge in [-0.25, -0.2) is 9.78 Å². The molecule has 0 spiro atoms. The monoisotopic (exact) mass is 285 g/mol. The SMILES string of the molecule is CCOC(=O)C(NC(=O)c1[nH]cnc1N([O-])O)C(C)C. The van der Waals surface area contributed by atoms with Crippen molar-refractivity contribution in [2.24, 2.45) is 5.92 Å². The zero-order chi connectivity index (χ0) is 15.3. The Morgan fingerprint density at radius 2 is 2.25 bits per heavy atom. The van der Waals surface area contributed by atoms with Crippen LogP contribution < -0.4 is 10.5 Å². The van der Waals surface area contributed by atoms with Gasteiger partial charge in [0.25, 0.3) is 5.91 Å². The molecule has 0 aromatic carbocycles. The second-order valence-corrected chi connectivity index (χ2v) is 4.32. The van der Waals surface area contributed by atoms with Gasteiger partial charge in [0.05, 0.1) is 12.9 Å². The summed E-state index contributed by atoms with van der Waals surface area (Å²) in [6.07, 6.45) is 1.08. The lowest BCUT2D eigenvalue weighted by molar-refractivity contribution is -0.146. The predicted octanol–water partition coefficient (Wildman–Crippen LogP) is 0.421. The number of hydrogen-bond acceptors (Lipinski definition) is 7. The summed E-state index contributed by atoms with van der Waals surface area (Å²) in [6, 6.07) is -0.864. The molecule has 1 aromatic heterocycles. The molecule has 1 heterocycles. The van der Waals surface area contributed by atoms with Crippen molar-refractivity contribution in [3.63, 3.8) is 0 Å². The van der Waals surface area contributed by atoms with Crippen LogP contribution in [0.2, 0.25) is 0 Å². The van der Waals surface area contributed by atoms with E-state index in [0.717, 1.165) is 6.33 Å². The summed E-state index contributed by atoms with van der Waals surface area (Å²) in [5.41, 5.74) is -0.238. The molecule has 1 aromatic rings. The van der Waals surface area contributed by atoms with E-state index in [-0.39, 0.29) is 18.2 Å². The smallest absolute Gasteiger partial charge is 0.328 e.